The van der Waals surface area contributed by atoms with Crippen LogP contribution in [0.25, 0.3) is 0 Å². The van der Waals surface area contributed by atoms with Crippen LogP contribution in [0.2, 0.25) is 0 Å². The molecule has 0 unspecified atom stereocenters. The number of hydrogen-bond acceptors (Lipinski definition) is 6. The van der Waals surface area contributed by atoms with E-state index in [0.29, 0.717) is 0 Å². The number of para-hydroxylation sites is 2. The summed E-state index contributed by atoms with van der Waals surface area (Å²) in [5.41, 5.74) is 2.20. The fourth-order valence-corrected chi connectivity index (χ4v) is 6.40. The van der Waals surface area contributed by atoms with Gasteiger partial charge in [0.1, 0.15) is 5.75 Å². The van der Waals surface area contributed by atoms with Crippen LogP contribution in [0, 0.1) is 0 Å². The molecule has 5 rings (SSSR count). The minimum Gasteiger partial charge on any atom is -0.406 e. The number of halogens is 3. The van der Waals surface area contributed by atoms with E-state index in [1.165, 1.54) is 33.9 Å². The Balaban J connectivity index is 1.32. The van der Waals surface area contributed by atoms with Gasteiger partial charge in [-0.2, -0.15) is 0 Å². The molecule has 178 valence electrons. The average molecular weight is 505 g/mol. The second-order valence-electron chi connectivity index (χ2n) is 8.24. The van der Waals surface area contributed by atoms with Crippen molar-refractivity contribution in [2.45, 2.75) is 58.5 Å². The predicted molar refractivity (Wildman–Crippen MR) is 129 cm³/mol. The van der Waals surface area contributed by atoms with Crippen LogP contribution in [-0.4, -0.2) is 29.7 Å². The molecule has 0 bridgehead atoms. The van der Waals surface area contributed by atoms with Crippen molar-refractivity contribution < 1.29 is 23.0 Å². The minimum atomic E-state index is -4.71. The molecule has 1 heterocycles. The molecule has 2 aliphatic rings. The fourth-order valence-electron chi connectivity index (χ4n) is 4.51. The summed E-state index contributed by atoms with van der Waals surface area (Å²) in [6.45, 7) is 0. The lowest BCUT2D eigenvalue weighted by molar-refractivity contribution is -0.274. The minimum absolute atomic E-state index is 0.0994. The number of benzene rings is 3. The summed E-state index contributed by atoms with van der Waals surface area (Å²) in [6.07, 6.45) is -2.71. The van der Waals surface area contributed by atoms with Crippen LogP contribution in [-0.2, 0) is 0 Å². The van der Waals surface area contributed by atoms with Crippen molar-refractivity contribution in [1.82, 2.24) is 4.72 Å². The zero-order valence-corrected chi connectivity index (χ0v) is 19.7. The Bertz CT molecular complexity index is 1100. The molecule has 1 aliphatic heterocycles. The molecule has 0 spiro atoms. The number of alkyl halides is 3. The number of aliphatic hydroxyl groups is 1. The molecule has 1 fully saturated rings. The summed E-state index contributed by atoms with van der Waals surface area (Å²) < 4.78 is 44.4. The van der Waals surface area contributed by atoms with Crippen molar-refractivity contribution in [1.29, 1.82) is 0 Å². The first-order valence-corrected chi connectivity index (χ1v) is 12.6. The smallest absolute Gasteiger partial charge is 0.406 e. The van der Waals surface area contributed by atoms with Crippen molar-refractivity contribution in [3.8, 4) is 5.75 Å². The highest BCUT2D eigenvalue weighted by atomic mass is 32.2. The van der Waals surface area contributed by atoms with E-state index in [0.717, 1.165) is 35.5 Å². The normalized spacial score (nSPS) is 22.1. The van der Waals surface area contributed by atoms with E-state index in [1.54, 1.807) is 23.9 Å². The van der Waals surface area contributed by atoms with Crippen LogP contribution in [0.4, 0.5) is 24.5 Å². The van der Waals surface area contributed by atoms with Gasteiger partial charge in [-0.05, 0) is 79.7 Å². The van der Waals surface area contributed by atoms with Crippen LogP contribution < -0.4 is 14.4 Å². The number of rotatable bonds is 5. The predicted octanol–water partition coefficient (Wildman–Crippen LogP) is 6.77. The topological polar surface area (TPSA) is 44.7 Å². The van der Waals surface area contributed by atoms with Crippen molar-refractivity contribution >= 4 is 35.1 Å². The molecule has 0 aromatic heterocycles. The second kappa shape index (κ2) is 9.73. The molecule has 0 radical (unpaired) electrons. The van der Waals surface area contributed by atoms with Crippen LogP contribution in [0.15, 0.2) is 87.5 Å². The average Bonchev–Trinajstić information content (AvgIpc) is 2.82. The number of fused-ring (bicyclic) bond motifs is 2. The zero-order chi connectivity index (χ0) is 23.7. The SMILES string of the molecule is O[C@H]1[C@H](NSc2ccc(OC(F)(F)F)cc2)CCC[C@@H]1N1c2ccccc2Sc2ccccc21. The number of nitrogens with zero attached hydrogens (tertiary/aromatic N) is 1. The standard InChI is InChI=1S/C25H23F3N2O2S2/c26-25(27,28)32-16-12-14-17(15-13-16)34-29-18-6-5-9-21(24(18)31)30-19-7-1-3-10-22(19)33-23-11-4-2-8-20(23)30/h1-4,7-8,10-15,18,21,24,29,31H,5-6,9H2/t18-,21+,24+/m1/s1. The van der Waals surface area contributed by atoms with E-state index in [1.807, 2.05) is 24.3 Å². The van der Waals surface area contributed by atoms with E-state index >= 15 is 0 Å². The van der Waals surface area contributed by atoms with Crippen LogP contribution in [0.1, 0.15) is 19.3 Å². The molecule has 3 aromatic rings. The Morgan fingerprint density at radius 2 is 1.53 bits per heavy atom. The number of hydrogen-bond donors (Lipinski definition) is 2. The lowest BCUT2D eigenvalue weighted by atomic mass is 9.87. The number of ether oxygens (including phenoxy) is 1. The summed E-state index contributed by atoms with van der Waals surface area (Å²) in [5.74, 6) is -0.255. The number of nitrogens with one attached hydrogen (secondary N) is 1. The lowest BCUT2D eigenvalue weighted by Gasteiger charge is -2.45. The highest BCUT2D eigenvalue weighted by Crippen LogP contribution is 2.50. The third-order valence-corrected chi connectivity index (χ3v) is 8.07. The second-order valence-corrected chi connectivity index (χ2v) is 10.2. The van der Waals surface area contributed by atoms with E-state index in [4.69, 9.17) is 0 Å². The summed E-state index contributed by atoms with van der Waals surface area (Å²) in [4.78, 5) is 5.35. The summed E-state index contributed by atoms with van der Waals surface area (Å²) in [7, 11) is 0. The molecule has 0 saturated heterocycles. The summed E-state index contributed by atoms with van der Waals surface area (Å²) >= 11 is 3.05. The fraction of sp³-hybridized carbons (Fsp3) is 0.280. The highest BCUT2D eigenvalue weighted by Gasteiger charge is 2.39. The van der Waals surface area contributed by atoms with Gasteiger partial charge in [0.05, 0.1) is 23.5 Å². The van der Waals surface area contributed by atoms with Crippen molar-refractivity contribution in [2.24, 2.45) is 0 Å². The van der Waals surface area contributed by atoms with E-state index in [2.05, 4.69) is 38.6 Å². The Kier molecular flexibility index (Phi) is 6.70. The lowest BCUT2D eigenvalue weighted by Crippen LogP contribution is -2.53. The van der Waals surface area contributed by atoms with Gasteiger partial charge in [0.25, 0.3) is 0 Å². The molecule has 34 heavy (non-hydrogen) atoms. The Hall–Kier alpha value is -2.33. The molecular weight excluding hydrogens is 481 g/mol. The van der Waals surface area contributed by atoms with Gasteiger partial charge in [0, 0.05) is 20.7 Å². The molecule has 9 heteroatoms. The van der Waals surface area contributed by atoms with Gasteiger partial charge in [-0.3, -0.25) is 4.72 Å². The van der Waals surface area contributed by atoms with E-state index in [9.17, 15) is 18.3 Å². The molecule has 0 amide bonds. The molecule has 1 saturated carbocycles. The molecule has 4 nitrogen and oxygen atoms in total. The zero-order valence-electron chi connectivity index (χ0n) is 18.0. The molecule has 3 atom stereocenters. The van der Waals surface area contributed by atoms with Crippen molar-refractivity contribution in [3.63, 3.8) is 0 Å². The molecule has 2 N–H and O–H groups in total. The Morgan fingerprint density at radius 1 is 0.912 bits per heavy atom. The Morgan fingerprint density at radius 3 is 2.15 bits per heavy atom. The van der Waals surface area contributed by atoms with Crippen molar-refractivity contribution in [3.05, 3.63) is 72.8 Å². The summed E-state index contributed by atoms with van der Waals surface area (Å²) in [5, 5.41) is 11.4. The third-order valence-electron chi connectivity index (χ3n) is 6.01. The van der Waals surface area contributed by atoms with Gasteiger partial charge in [0.2, 0.25) is 0 Å². The maximum atomic E-state index is 12.4. The Labute approximate surface area is 204 Å². The van der Waals surface area contributed by atoms with Gasteiger partial charge in [0.15, 0.2) is 0 Å². The van der Waals surface area contributed by atoms with Gasteiger partial charge in [-0.1, -0.05) is 36.0 Å². The third kappa shape index (κ3) is 5.02. The monoisotopic (exact) mass is 504 g/mol. The van der Waals surface area contributed by atoms with Gasteiger partial charge in [-0.25, -0.2) is 0 Å². The van der Waals surface area contributed by atoms with E-state index in [-0.39, 0.29) is 17.8 Å². The largest absolute Gasteiger partial charge is 0.573 e. The summed E-state index contributed by atoms with van der Waals surface area (Å²) in [6, 6.07) is 22.0. The van der Waals surface area contributed by atoms with Gasteiger partial charge in [-0.15, -0.1) is 13.2 Å². The first kappa shape index (κ1) is 23.4. The quantitative estimate of drug-likeness (QED) is 0.374. The molecule has 1 aliphatic carbocycles. The van der Waals surface area contributed by atoms with Gasteiger partial charge < -0.3 is 14.7 Å². The number of anilines is 2. The molecule has 3 aromatic carbocycles. The van der Waals surface area contributed by atoms with Crippen LogP contribution >= 0.6 is 23.7 Å². The first-order valence-electron chi connectivity index (χ1n) is 11.0. The first-order chi connectivity index (χ1) is 16.4. The number of aliphatic hydroxyl groups excluding tert-OH is 1. The van der Waals surface area contributed by atoms with E-state index < -0.39 is 12.5 Å². The van der Waals surface area contributed by atoms with Crippen LogP contribution in [0.3, 0.4) is 0 Å². The maximum absolute atomic E-state index is 12.4. The van der Waals surface area contributed by atoms with Crippen LogP contribution in [0.5, 0.6) is 5.75 Å². The highest BCUT2D eigenvalue weighted by molar-refractivity contribution is 7.99. The van der Waals surface area contributed by atoms with Gasteiger partial charge >= 0.3 is 6.36 Å². The molecular formula is C25H23F3N2O2S2. The maximum Gasteiger partial charge on any atom is 0.573 e. The van der Waals surface area contributed by atoms with Crippen molar-refractivity contribution in [2.75, 3.05) is 4.90 Å².